The van der Waals surface area contributed by atoms with Crippen LogP contribution in [0.5, 0.6) is 0 Å². The molecule has 0 fully saturated rings. The van der Waals surface area contributed by atoms with Crippen LogP contribution < -0.4 is 15.7 Å². The number of benzene rings is 1. The molecule has 1 rings (SSSR count). The average molecular weight is 263 g/mol. The molecule has 0 radical (unpaired) electrons. The Labute approximate surface area is 113 Å². The van der Waals surface area contributed by atoms with Gasteiger partial charge < -0.3 is 20.5 Å². The molecule has 0 aliphatic rings. The minimum absolute atomic E-state index is 0.557. The van der Waals surface area contributed by atoms with Gasteiger partial charge in [-0.15, -0.1) is 0 Å². The number of aryl methyl sites for hydroxylation is 1. The molecule has 2 N–H and O–H groups in total. The molecule has 19 heavy (non-hydrogen) atoms. The molecule has 0 saturated heterocycles. The number of hydrogen-bond acceptors (Lipinski definition) is 3. The van der Waals surface area contributed by atoms with E-state index in [0.717, 1.165) is 19.3 Å². The maximum Gasteiger partial charge on any atom is 0.319 e. The average Bonchev–Trinajstić information content (AvgIpc) is 2.37. The molecular weight excluding hydrogens is 244 g/mol. The van der Waals surface area contributed by atoms with Gasteiger partial charge in [0.25, 0.3) is 0 Å². The van der Waals surface area contributed by atoms with Gasteiger partial charge in [0.1, 0.15) is 0 Å². The zero-order valence-corrected chi connectivity index (χ0v) is 11.2. The molecule has 1 aromatic rings. The first-order chi connectivity index (χ1) is 9.02. The topological polar surface area (TPSA) is 81.3 Å². The molecule has 0 bridgehead atoms. The minimum atomic E-state index is -1.31. The van der Waals surface area contributed by atoms with E-state index in [0.29, 0.717) is 5.69 Å². The predicted octanol–water partition coefficient (Wildman–Crippen LogP) is 1.29. The number of unbranched alkanes of at least 4 members (excludes halogenated alkanes) is 1. The minimum Gasteiger partial charge on any atom is -0.548 e. The lowest BCUT2D eigenvalue weighted by atomic mass is 10.1. The van der Waals surface area contributed by atoms with Crippen molar-refractivity contribution in [3.63, 3.8) is 0 Å². The fourth-order valence-electron chi connectivity index (χ4n) is 1.56. The molecule has 0 saturated carbocycles. The molecule has 0 aliphatic heterocycles. The number of hydrogen-bond donors (Lipinski definition) is 2. The van der Waals surface area contributed by atoms with Crippen LogP contribution in [0, 0.1) is 0 Å². The van der Waals surface area contributed by atoms with Crippen molar-refractivity contribution in [2.24, 2.45) is 0 Å². The Bertz CT molecular complexity index is 429. The molecule has 1 aromatic carbocycles. The van der Waals surface area contributed by atoms with Crippen molar-refractivity contribution in [1.82, 2.24) is 5.32 Å². The summed E-state index contributed by atoms with van der Waals surface area (Å²) in [5.41, 5.74) is 1.85. The number of amides is 2. The van der Waals surface area contributed by atoms with Crippen molar-refractivity contribution in [1.29, 1.82) is 0 Å². The SMILES string of the molecule is CCCCc1ccc(NC(=O)N[C@@H](C)C(=O)[O-])cc1. The number of carbonyl (C=O) groups excluding carboxylic acids is 2. The standard InChI is InChI=1S/C14H20N2O3/c1-3-4-5-11-6-8-12(9-7-11)16-14(19)15-10(2)13(17)18/h6-10H,3-5H2,1-2H3,(H,17,18)(H2,15,16,19)/p-1/t10-/m0/s1. The van der Waals surface area contributed by atoms with Gasteiger partial charge in [0.2, 0.25) is 0 Å². The van der Waals surface area contributed by atoms with E-state index < -0.39 is 18.0 Å². The number of aliphatic carboxylic acids is 1. The highest BCUT2D eigenvalue weighted by molar-refractivity contribution is 5.91. The van der Waals surface area contributed by atoms with Crippen LogP contribution in [0.15, 0.2) is 24.3 Å². The molecule has 104 valence electrons. The van der Waals surface area contributed by atoms with E-state index in [4.69, 9.17) is 0 Å². The highest BCUT2D eigenvalue weighted by Crippen LogP contribution is 2.11. The second kappa shape index (κ2) is 7.41. The van der Waals surface area contributed by atoms with E-state index >= 15 is 0 Å². The van der Waals surface area contributed by atoms with E-state index in [9.17, 15) is 14.7 Å². The summed E-state index contributed by atoms with van der Waals surface area (Å²) in [5.74, 6) is -1.31. The van der Waals surface area contributed by atoms with Crippen LogP contribution in [-0.4, -0.2) is 18.0 Å². The zero-order valence-electron chi connectivity index (χ0n) is 11.2. The summed E-state index contributed by atoms with van der Waals surface area (Å²) in [4.78, 5) is 21.9. The molecule has 5 nitrogen and oxygen atoms in total. The van der Waals surface area contributed by atoms with E-state index in [1.807, 2.05) is 12.1 Å². The van der Waals surface area contributed by atoms with Gasteiger partial charge in [-0.1, -0.05) is 25.5 Å². The van der Waals surface area contributed by atoms with Gasteiger partial charge in [-0.25, -0.2) is 4.79 Å². The zero-order chi connectivity index (χ0) is 14.3. The van der Waals surface area contributed by atoms with Crippen LogP contribution in [0.25, 0.3) is 0 Å². The Hall–Kier alpha value is -2.04. The molecule has 0 aliphatic carbocycles. The van der Waals surface area contributed by atoms with Gasteiger partial charge in [0, 0.05) is 5.69 Å². The van der Waals surface area contributed by atoms with Crippen LogP contribution in [0.1, 0.15) is 32.3 Å². The lowest BCUT2D eigenvalue weighted by Gasteiger charge is -2.15. The van der Waals surface area contributed by atoms with Crippen molar-refractivity contribution < 1.29 is 14.7 Å². The van der Waals surface area contributed by atoms with Gasteiger partial charge in [-0.3, -0.25) is 0 Å². The predicted molar refractivity (Wildman–Crippen MR) is 71.7 cm³/mol. The second-order valence-corrected chi connectivity index (χ2v) is 4.44. The lowest BCUT2D eigenvalue weighted by molar-refractivity contribution is -0.307. The smallest absolute Gasteiger partial charge is 0.319 e. The van der Waals surface area contributed by atoms with Crippen molar-refractivity contribution in [2.75, 3.05) is 5.32 Å². The molecule has 5 heteroatoms. The third kappa shape index (κ3) is 5.42. The molecular formula is C14H19N2O3-. The van der Waals surface area contributed by atoms with Crippen molar-refractivity contribution in [2.45, 2.75) is 39.2 Å². The summed E-state index contributed by atoms with van der Waals surface area (Å²) >= 11 is 0. The second-order valence-electron chi connectivity index (χ2n) is 4.44. The Morgan fingerprint density at radius 3 is 2.42 bits per heavy atom. The number of nitrogens with one attached hydrogen (secondary N) is 2. The van der Waals surface area contributed by atoms with Gasteiger partial charge in [0.15, 0.2) is 0 Å². The van der Waals surface area contributed by atoms with E-state index in [1.165, 1.54) is 12.5 Å². The highest BCUT2D eigenvalue weighted by Gasteiger charge is 2.07. The van der Waals surface area contributed by atoms with E-state index in [-0.39, 0.29) is 0 Å². The van der Waals surface area contributed by atoms with Gasteiger partial charge in [0.05, 0.1) is 12.0 Å². The number of carboxylic acids is 1. The fourth-order valence-corrected chi connectivity index (χ4v) is 1.56. The molecule has 0 unspecified atom stereocenters. The molecule has 0 spiro atoms. The van der Waals surface area contributed by atoms with Gasteiger partial charge in [-0.2, -0.15) is 0 Å². The lowest BCUT2D eigenvalue weighted by Crippen LogP contribution is -2.47. The summed E-state index contributed by atoms with van der Waals surface area (Å²) in [6.07, 6.45) is 3.30. The number of anilines is 1. The largest absolute Gasteiger partial charge is 0.548 e. The van der Waals surface area contributed by atoms with Gasteiger partial charge in [-0.05, 0) is 37.5 Å². The third-order valence-corrected chi connectivity index (χ3v) is 2.73. The van der Waals surface area contributed by atoms with E-state index in [2.05, 4.69) is 17.6 Å². The number of carboxylic acid groups (broad SMARTS) is 1. The number of carbonyl (C=O) groups is 2. The Morgan fingerprint density at radius 2 is 1.89 bits per heavy atom. The van der Waals surface area contributed by atoms with Crippen molar-refractivity contribution in [3.8, 4) is 0 Å². The Morgan fingerprint density at radius 1 is 1.26 bits per heavy atom. The van der Waals surface area contributed by atoms with Crippen LogP contribution in [0.3, 0.4) is 0 Å². The summed E-state index contributed by atoms with van der Waals surface area (Å²) in [6.45, 7) is 3.49. The third-order valence-electron chi connectivity index (χ3n) is 2.73. The molecule has 0 heterocycles. The van der Waals surface area contributed by atoms with Crippen LogP contribution in [-0.2, 0) is 11.2 Å². The van der Waals surface area contributed by atoms with E-state index in [1.54, 1.807) is 12.1 Å². The first-order valence-electron chi connectivity index (χ1n) is 6.40. The maximum absolute atomic E-state index is 11.5. The summed E-state index contributed by atoms with van der Waals surface area (Å²) in [5, 5.41) is 15.3. The van der Waals surface area contributed by atoms with Crippen LogP contribution in [0.4, 0.5) is 10.5 Å². The number of rotatable bonds is 6. The molecule has 2 amide bonds. The summed E-state index contributed by atoms with van der Waals surface area (Å²) in [7, 11) is 0. The summed E-state index contributed by atoms with van der Waals surface area (Å²) in [6, 6.07) is 5.92. The summed E-state index contributed by atoms with van der Waals surface area (Å²) < 4.78 is 0. The monoisotopic (exact) mass is 263 g/mol. The number of urea groups is 1. The first kappa shape index (κ1) is 15.0. The van der Waals surface area contributed by atoms with Gasteiger partial charge >= 0.3 is 6.03 Å². The molecule has 0 aromatic heterocycles. The Kier molecular flexibility index (Phi) is 5.85. The van der Waals surface area contributed by atoms with Crippen molar-refractivity contribution in [3.05, 3.63) is 29.8 Å². The van der Waals surface area contributed by atoms with Crippen molar-refractivity contribution >= 4 is 17.7 Å². The first-order valence-corrected chi connectivity index (χ1v) is 6.40. The fraction of sp³-hybridized carbons (Fsp3) is 0.429. The highest BCUT2D eigenvalue weighted by atomic mass is 16.4. The quantitative estimate of drug-likeness (QED) is 0.811. The van der Waals surface area contributed by atoms with Crippen LogP contribution in [0.2, 0.25) is 0 Å². The van der Waals surface area contributed by atoms with Crippen LogP contribution >= 0.6 is 0 Å². The maximum atomic E-state index is 11.5. The Balaban J connectivity index is 2.48. The molecule has 1 atom stereocenters. The normalized spacial score (nSPS) is 11.7.